The molecule has 0 bridgehead atoms. The third-order valence-electron chi connectivity index (χ3n) is 3.94. The minimum atomic E-state index is -0.211. The van der Waals surface area contributed by atoms with E-state index in [0.29, 0.717) is 27.2 Å². The molecule has 0 atom stereocenters. The van der Waals surface area contributed by atoms with Crippen LogP contribution in [0.4, 0.5) is 5.69 Å². The van der Waals surface area contributed by atoms with Crippen LogP contribution in [0.25, 0.3) is 0 Å². The predicted molar refractivity (Wildman–Crippen MR) is 109 cm³/mol. The number of anilines is 1. The van der Waals surface area contributed by atoms with Gasteiger partial charge in [0.25, 0.3) is 5.91 Å². The van der Waals surface area contributed by atoms with Crippen LogP contribution in [0.5, 0.6) is 5.75 Å². The van der Waals surface area contributed by atoms with Gasteiger partial charge in [0.05, 0.1) is 15.6 Å². The summed E-state index contributed by atoms with van der Waals surface area (Å²) in [7, 11) is 0. The molecule has 134 valence electrons. The molecule has 0 spiro atoms. The van der Waals surface area contributed by atoms with E-state index in [1.807, 2.05) is 29.6 Å². The molecule has 1 aromatic heterocycles. The van der Waals surface area contributed by atoms with Crippen molar-refractivity contribution in [2.45, 2.75) is 20.5 Å². The first-order chi connectivity index (χ1) is 12.4. The number of benzene rings is 2. The Morgan fingerprint density at radius 2 is 1.88 bits per heavy atom. The number of rotatable bonds is 5. The van der Waals surface area contributed by atoms with Gasteiger partial charge in [0.15, 0.2) is 0 Å². The van der Waals surface area contributed by atoms with Crippen molar-refractivity contribution in [2.75, 3.05) is 5.32 Å². The van der Waals surface area contributed by atoms with Gasteiger partial charge in [-0.25, -0.2) is 0 Å². The molecule has 0 aliphatic heterocycles. The Morgan fingerprint density at radius 3 is 2.62 bits per heavy atom. The maximum Gasteiger partial charge on any atom is 0.265 e. The highest BCUT2D eigenvalue weighted by Crippen LogP contribution is 2.27. The van der Waals surface area contributed by atoms with Crippen molar-refractivity contribution in [3.63, 3.8) is 0 Å². The number of hydrogen-bond donors (Lipinski definition) is 1. The highest BCUT2D eigenvalue weighted by molar-refractivity contribution is 7.12. The molecule has 1 heterocycles. The summed E-state index contributed by atoms with van der Waals surface area (Å²) < 4.78 is 5.81. The van der Waals surface area contributed by atoms with Crippen molar-refractivity contribution in [3.05, 3.63) is 79.5 Å². The van der Waals surface area contributed by atoms with Crippen LogP contribution in [0.1, 0.15) is 26.4 Å². The van der Waals surface area contributed by atoms with Gasteiger partial charge < -0.3 is 10.1 Å². The van der Waals surface area contributed by atoms with Gasteiger partial charge in [-0.15, -0.1) is 11.3 Å². The van der Waals surface area contributed by atoms with Crippen LogP contribution >= 0.6 is 34.5 Å². The predicted octanol–water partition coefficient (Wildman–Crippen LogP) is 6.50. The first-order valence-corrected chi connectivity index (χ1v) is 9.60. The highest BCUT2D eigenvalue weighted by Gasteiger charge is 2.12. The lowest BCUT2D eigenvalue weighted by Gasteiger charge is -2.07. The molecular formula is C20H17Cl2NO2S. The summed E-state index contributed by atoms with van der Waals surface area (Å²) in [6.07, 6.45) is 0. The monoisotopic (exact) mass is 405 g/mol. The highest BCUT2D eigenvalue weighted by atomic mass is 35.5. The van der Waals surface area contributed by atoms with E-state index in [2.05, 4.69) is 19.2 Å². The van der Waals surface area contributed by atoms with Gasteiger partial charge in [-0.05, 0) is 66.8 Å². The molecule has 3 rings (SSSR count). The second-order valence-electron chi connectivity index (χ2n) is 5.93. The largest absolute Gasteiger partial charge is 0.489 e. The average Bonchev–Trinajstić information content (AvgIpc) is 3.07. The topological polar surface area (TPSA) is 38.3 Å². The minimum Gasteiger partial charge on any atom is -0.489 e. The maximum absolute atomic E-state index is 12.4. The molecule has 0 aliphatic carbocycles. The quantitative estimate of drug-likeness (QED) is 0.525. The number of aryl methyl sites for hydroxylation is 2. The van der Waals surface area contributed by atoms with Crippen LogP contribution in [0, 0.1) is 13.8 Å². The summed E-state index contributed by atoms with van der Waals surface area (Å²) in [5, 5.41) is 5.64. The van der Waals surface area contributed by atoms with Gasteiger partial charge in [0.2, 0.25) is 0 Å². The number of nitrogens with one attached hydrogen (secondary N) is 1. The Labute approximate surface area is 166 Å². The number of ether oxygens (including phenoxy) is 1. The number of hydrogen-bond acceptors (Lipinski definition) is 3. The van der Waals surface area contributed by atoms with Crippen LogP contribution < -0.4 is 10.1 Å². The fourth-order valence-corrected chi connectivity index (χ4v) is 3.56. The zero-order valence-corrected chi connectivity index (χ0v) is 16.6. The van der Waals surface area contributed by atoms with Crippen molar-refractivity contribution in [3.8, 4) is 5.75 Å². The summed E-state index contributed by atoms with van der Waals surface area (Å²) >= 11 is 13.3. The molecule has 0 saturated carbocycles. The third-order valence-corrected chi connectivity index (χ3v) is 5.47. The smallest absolute Gasteiger partial charge is 0.265 e. The Hall–Kier alpha value is -2.01. The van der Waals surface area contributed by atoms with Gasteiger partial charge in [0, 0.05) is 10.6 Å². The normalized spacial score (nSPS) is 10.6. The van der Waals surface area contributed by atoms with E-state index in [-0.39, 0.29) is 5.91 Å². The number of halogens is 2. The summed E-state index contributed by atoms with van der Waals surface area (Å²) in [6, 6.07) is 12.8. The van der Waals surface area contributed by atoms with Crippen molar-refractivity contribution >= 4 is 46.1 Å². The molecule has 1 amide bonds. The third kappa shape index (κ3) is 4.58. The number of carbonyl (C=O) groups is 1. The van der Waals surface area contributed by atoms with Crippen LogP contribution in [0.3, 0.4) is 0 Å². The molecule has 1 N–H and O–H groups in total. The zero-order chi connectivity index (χ0) is 18.7. The van der Waals surface area contributed by atoms with Gasteiger partial charge in [0.1, 0.15) is 12.4 Å². The SMILES string of the molecule is Cc1ccc(OCc2csc(C(=O)Nc3ccc(Cl)cc3Cl)c2)cc1C. The summed E-state index contributed by atoms with van der Waals surface area (Å²) in [4.78, 5) is 13.0. The second-order valence-corrected chi connectivity index (χ2v) is 7.69. The molecular weight excluding hydrogens is 389 g/mol. The fourth-order valence-electron chi connectivity index (χ4n) is 2.32. The lowest BCUT2D eigenvalue weighted by Crippen LogP contribution is -2.10. The van der Waals surface area contributed by atoms with Gasteiger partial charge in [-0.1, -0.05) is 29.3 Å². The van der Waals surface area contributed by atoms with Crippen molar-refractivity contribution in [1.82, 2.24) is 0 Å². The molecule has 6 heteroatoms. The average molecular weight is 406 g/mol. The Bertz CT molecular complexity index is 953. The van der Waals surface area contributed by atoms with Gasteiger partial charge >= 0.3 is 0 Å². The lowest BCUT2D eigenvalue weighted by molar-refractivity contribution is 0.103. The van der Waals surface area contributed by atoms with E-state index < -0.39 is 0 Å². The molecule has 0 aliphatic rings. The second kappa shape index (κ2) is 8.12. The molecule has 0 unspecified atom stereocenters. The van der Waals surface area contributed by atoms with Gasteiger partial charge in [-0.3, -0.25) is 4.79 Å². The molecule has 0 fully saturated rings. The van der Waals surface area contributed by atoms with Crippen LogP contribution in [0.15, 0.2) is 47.8 Å². The Morgan fingerprint density at radius 1 is 1.08 bits per heavy atom. The van der Waals surface area contributed by atoms with Crippen molar-refractivity contribution in [1.29, 1.82) is 0 Å². The summed E-state index contributed by atoms with van der Waals surface area (Å²) in [5.74, 6) is 0.606. The zero-order valence-electron chi connectivity index (χ0n) is 14.3. The molecule has 2 aromatic carbocycles. The Kier molecular flexibility index (Phi) is 5.87. The van der Waals surface area contributed by atoms with Crippen molar-refractivity contribution in [2.24, 2.45) is 0 Å². The molecule has 3 aromatic rings. The van der Waals surface area contributed by atoms with Crippen molar-refractivity contribution < 1.29 is 9.53 Å². The van der Waals surface area contributed by atoms with Gasteiger partial charge in [-0.2, -0.15) is 0 Å². The standard InChI is InChI=1S/C20H17Cl2NO2S/c1-12-3-5-16(7-13(12)2)25-10-14-8-19(26-11-14)20(24)23-18-6-4-15(21)9-17(18)22/h3-9,11H,10H2,1-2H3,(H,23,24). The fraction of sp³-hybridized carbons (Fsp3) is 0.150. The van der Waals surface area contributed by atoms with E-state index in [4.69, 9.17) is 27.9 Å². The first kappa shape index (κ1) is 18.8. The molecule has 0 saturated heterocycles. The molecule has 3 nitrogen and oxygen atoms in total. The maximum atomic E-state index is 12.4. The van der Waals surface area contributed by atoms with E-state index in [9.17, 15) is 4.79 Å². The first-order valence-electron chi connectivity index (χ1n) is 7.96. The lowest BCUT2D eigenvalue weighted by atomic mass is 10.1. The summed E-state index contributed by atoms with van der Waals surface area (Å²) in [6.45, 7) is 4.53. The molecule has 26 heavy (non-hydrogen) atoms. The van der Waals surface area contributed by atoms with Crippen LogP contribution in [-0.4, -0.2) is 5.91 Å². The number of amides is 1. The van der Waals surface area contributed by atoms with E-state index in [0.717, 1.165) is 11.3 Å². The van der Waals surface area contributed by atoms with Crippen LogP contribution in [-0.2, 0) is 6.61 Å². The van der Waals surface area contributed by atoms with E-state index >= 15 is 0 Å². The number of carbonyl (C=O) groups excluding carboxylic acids is 1. The van der Waals surface area contributed by atoms with E-state index in [1.54, 1.807) is 18.2 Å². The van der Waals surface area contributed by atoms with Crippen LogP contribution in [0.2, 0.25) is 10.0 Å². The number of thiophene rings is 1. The molecule has 0 radical (unpaired) electrons. The van der Waals surface area contributed by atoms with E-state index in [1.165, 1.54) is 22.5 Å². The minimum absolute atomic E-state index is 0.211. The summed E-state index contributed by atoms with van der Waals surface area (Å²) in [5.41, 5.74) is 3.89. The Balaban J connectivity index is 1.63.